The molecule has 0 bridgehead atoms. The molecule has 2 N–H and O–H groups in total. The first kappa shape index (κ1) is 25.7. The molecule has 0 aliphatic heterocycles. The van der Waals surface area contributed by atoms with Gasteiger partial charge in [-0.3, -0.25) is 4.79 Å². The number of nitriles is 1. The number of rotatable bonds is 9. The summed E-state index contributed by atoms with van der Waals surface area (Å²) in [6, 6.07) is 9.94. The summed E-state index contributed by atoms with van der Waals surface area (Å²) in [5, 5.41) is 18.9. The molecule has 2 aromatic heterocycles. The fourth-order valence-corrected chi connectivity index (χ4v) is 6.04. The first-order valence-electron chi connectivity index (χ1n) is 11.9. The molecule has 0 saturated carbocycles. The monoisotopic (exact) mass is 524 g/mol. The van der Waals surface area contributed by atoms with Gasteiger partial charge in [0, 0.05) is 23.1 Å². The van der Waals surface area contributed by atoms with Crippen molar-refractivity contribution in [3.8, 4) is 11.8 Å². The quantitative estimate of drug-likeness (QED) is 0.401. The Labute approximate surface area is 218 Å². The molecule has 0 spiro atoms. The second-order valence-electron chi connectivity index (χ2n) is 8.39. The number of para-hydroxylation sites is 1. The van der Waals surface area contributed by atoms with Crippen molar-refractivity contribution < 1.29 is 19.1 Å². The van der Waals surface area contributed by atoms with Crippen LogP contribution in [0.1, 0.15) is 52.0 Å². The number of nitrogens with one attached hydrogen (secondary N) is 2. The van der Waals surface area contributed by atoms with E-state index in [1.807, 2.05) is 43.5 Å². The summed E-state index contributed by atoms with van der Waals surface area (Å²) in [7, 11) is 0. The van der Waals surface area contributed by atoms with Gasteiger partial charge in [-0.25, -0.2) is 9.78 Å². The van der Waals surface area contributed by atoms with E-state index in [9.17, 15) is 14.9 Å². The number of carbonyl (C=O) groups excluding carboxylic acids is 2. The molecule has 0 fully saturated rings. The van der Waals surface area contributed by atoms with Crippen LogP contribution in [0.2, 0.25) is 0 Å². The molecule has 1 aromatic carbocycles. The molecule has 36 heavy (non-hydrogen) atoms. The summed E-state index contributed by atoms with van der Waals surface area (Å²) < 4.78 is 11.2. The minimum Gasteiger partial charge on any atom is -0.494 e. The summed E-state index contributed by atoms with van der Waals surface area (Å²) in [6.07, 6.45) is 1.84. The molecule has 1 unspecified atom stereocenters. The van der Waals surface area contributed by atoms with E-state index in [2.05, 4.69) is 21.7 Å². The summed E-state index contributed by atoms with van der Waals surface area (Å²) in [4.78, 5) is 30.3. The third kappa shape index (κ3) is 6.42. The summed E-state index contributed by atoms with van der Waals surface area (Å²) in [5.41, 5.74) is 3.24. The Hall–Kier alpha value is -3.42. The van der Waals surface area contributed by atoms with Gasteiger partial charge >= 0.3 is 6.09 Å². The lowest BCUT2D eigenvalue weighted by Gasteiger charge is -2.22. The molecular formula is C26H28N4O4S2. The average Bonchev–Trinajstić information content (AvgIpc) is 3.44. The van der Waals surface area contributed by atoms with Gasteiger partial charge in [0.05, 0.1) is 29.4 Å². The van der Waals surface area contributed by atoms with E-state index in [1.165, 1.54) is 22.7 Å². The molecule has 1 aliphatic rings. The summed E-state index contributed by atoms with van der Waals surface area (Å²) in [6.45, 7) is 4.73. The zero-order valence-corrected chi connectivity index (χ0v) is 21.9. The number of amides is 2. The van der Waals surface area contributed by atoms with Crippen molar-refractivity contribution in [2.75, 3.05) is 11.9 Å². The lowest BCUT2D eigenvalue weighted by molar-refractivity contribution is -0.116. The Morgan fingerprint density at radius 1 is 1.31 bits per heavy atom. The SMILES string of the molecule is CCOc1ccccc1CCC(=O)Nc1sc2c(c1C#N)CCC(OC(=O)NCc1csc(C)n1)C2. The van der Waals surface area contributed by atoms with Gasteiger partial charge < -0.3 is 20.1 Å². The molecule has 188 valence electrons. The van der Waals surface area contributed by atoms with Crippen LogP contribution in [-0.4, -0.2) is 29.7 Å². The third-order valence-electron chi connectivity index (χ3n) is 5.83. The Balaban J connectivity index is 1.33. The highest BCUT2D eigenvalue weighted by molar-refractivity contribution is 7.16. The maximum absolute atomic E-state index is 12.7. The van der Waals surface area contributed by atoms with Crippen molar-refractivity contribution in [1.29, 1.82) is 5.26 Å². The topological polar surface area (TPSA) is 113 Å². The molecular weight excluding hydrogens is 496 g/mol. The predicted octanol–water partition coefficient (Wildman–Crippen LogP) is 5.14. The number of nitrogens with zero attached hydrogens (tertiary/aromatic N) is 2. The number of ether oxygens (including phenoxy) is 2. The van der Waals surface area contributed by atoms with E-state index in [1.54, 1.807) is 0 Å². The number of hydrogen-bond acceptors (Lipinski definition) is 8. The van der Waals surface area contributed by atoms with E-state index in [0.29, 0.717) is 49.4 Å². The number of thiophene rings is 1. The van der Waals surface area contributed by atoms with Crippen LogP contribution in [0.25, 0.3) is 0 Å². The maximum atomic E-state index is 12.7. The van der Waals surface area contributed by atoms with E-state index in [4.69, 9.17) is 9.47 Å². The van der Waals surface area contributed by atoms with Crippen molar-refractivity contribution in [3.63, 3.8) is 0 Å². The highest BCUT2D eigenvalue weighted by Gasteiger charge is 2.28. The van der Waals surface area contributed by atoms with Crippen LogP contribution in [0, 0.1) is 18.3 Å². The second kappa shape index (κ2) is 12.0. The second-order valence-corrected chi connectivity index (χ2v) is 10.6. The first-order chi connectivity index (χ1) is 17.5. The first-order valence-corrected chi connectivity index (χ1v) is 13.6. The number of fused-ring (bicyclic) bond motifs is 1. The zero-order chi connectivity index (χ0) is 25.5. The van der Waals surface area contributed by atoms with Crippen molar-refractivity contribution in [3.05, 3.63) is 61.9 Å². The van der Waals surface area contributed by atoms with E-state index >= 15 is 0 Å². The van der Waals surface area contributed by atoms with Crippen molar-refractivity contribution in [2.24, 2.45) is 0 Å². The minimum absolute atomic E-state index is 0.152. The smallest absolute Gasteiger partial charge is 0.407 e. The number of carbonyl (C=O) groups is 2. The number of alkyl carbamates (subject to hydrolysis) is 1. The fourth-order valence-electron chi connectivity index (χ4n) is 4.15. The summed E-state index contributed by atoms with van der Waals surface area (Å²) in [5.74, 6) is 0.634. The molecule has 2 heterocycles. The van der Waals surface area contributed by atoms with Crippen LogP contribution in [0.15, 0.2) is 29.6 Å². The van der Waals surface area contributed by atoms with Gasteiger partial charge in [0.1, 0.15) is 22.9 Å². The Morgan fingerprint density at radius 3 is 2.89 bits per heavy atom. The van der Waals surface area contributed by atoms with Crippen LogP contribution < -0.4 is 15.4 Å². The van der Waals surface area contributed by atoms with Crippen LogP contribution in [0.4, 0.5) is 9.80 Å². The van der Waals surface area contributed by atoms with Gasteiger partial charge in [-0.05, 0) is 50.3 Å². The van der Waals surface area contributed by atoms with Gasteiger partial charge in [0.15, 0.2) is 0 Å². The number of aryl methyl sites for hydroxylation is 2. The molecule has 2 amide bonds. The van der Waals surface area contributed by atoms with E-state index < -0.39 is 6.09 Å². The lowest BCUT2D eigenvalue weighted by atomic mass is 9.94. The van der Waals surface area contributed by atoms with Crippen LogP contribution in [-0.2, 0) is 35.3 Å². The molecule has 1 atom stereocenters. The number of anilines is 1. The molecule has 0 radical (unpaired) electrons. The molecule has 10 heteroatoms. The van der Waals surface area contributed by atoms with Crippen molar-refractivity contribution in [2.45, 2.75) is 58.6 Å². The van der Waals surface area contributed by atoms with Gasteiger partial charge in [-0.1, -0.05) is 18.2 Å². The minimum atomic E-state index is -0.480. The molecule has 1 aliphatic carbocycles. The zero-order valence-electron chi connectivity index (χ0n) is 20.3. The van der Waals surface area contributed by atoms with Crippen LogP contribution in [0.3, 0.4) is 0 Å². The highest BCUT2D eigenvalue weighted by atomic mass is 32.1. The highest BCUT2D eigenvalue weighted by Crippen LogP contribution is 2.38. The van der Waals surface area contributed by atoms with Crippen LogP contribution >= 0.6 is 22.7 Å². The van der Waals surface area contributed by atoms with Gasteiger partial charge in [0.2, 0.25) is 5.91 Å². The molecule has 4 rings (SSSR count). The molecule has 0 saturated heterocycles. The number of thiazole rings is 1. The van der Waals surface area contributed by atoms with Crippen molar-refractivity contribution in [1.82, 2.24) is 10.3 Å². The van der Waals surface area contributed by atoms with Crippen LogP contribution in [0.5, 0.6) is 5.75 Å². The van der Waals surface area contributed by atoms with Gasteiger partial charge in [-0.15, -0.1) is 22.7 Å². The normalized spacial score (nSPS) is 14.4. The average molecular weight is 525 g/mol. The maximum Gasteiger partial charge on any atom is 0.407 e. The number of hydrogen-bond donors (Lipinski definition) is 2. The number of aromatic nitrogens is 1. The Bertz CT molecular complexity index is 1280. The number of benzene rings is 1. The third-order valence-corrected chi connectivity index (χ3v) is 7.82. The Kier molecular flexibility index (Phi) is 8.57. The lowest BCUT2D eigenvalue weighted by Crippen LogP contribution is -2.31. The standard InChI is InChI=1S/C26H28N4O4S2/c1-3-33-22-7-5-4-6-17(22)8-11-24(31)30-25-21(13-27)20-10-9-19(12-23(20)36-25)34-26(32)28-14-18-15-35-16(2)29-18/h4-7,15,19H,3,8-12,14H2,1-2H3,(H,28,32)(H,30,31). The van der Waals surface area contributed by atoms with E-state index in [0.717, 1.165) is 32.5 Å². The predicted molar refractivity (Wildman–Crippen MR) is 140 cm³/mol. The molecule has 3 aromatic rings. The Morgan fingerprint density at radius 2 is 2.14 bits per heavy atom. The van der Waals surface area contributed by atoms with Gasteiger partial charge in [-0.2, -0.15) is 5.26 Å². The molecule has 8 nitrogen and oxygen atoms in total. The van der Waals surface area contributed by atoms with Crippen molar-refractivity contribution >= 4 is 39.7 Å². The summed E-state index contributed by atoms with van der Waals surface area (Å²) >= 11 is 2.93. The fraction of sp³-hybridized carbons (Fsp3) is 0.385. The largest absolute Gasteiger partial charge is 0.494 e. The van der Waals surface area contributed by atoms with E-state index in [-0.39, 0.29) is 18.4 Å². The van der Waals surface area contributed by atoms with Gasteiger partial charge in [0.25, 0.3) is 0 Å².